The second kappa shape index (κ2) is 4.13. The minimum atomic E-state index is 0.766. The number of hydrogen-bond donors (Lipinski definition) is 1. The van der Waals surface area contributed by atoms with Crippen LogP contribution in [0.3, 0.4) is 0 Å². The number of rotatable bonds is 3. The summed E-state index contributed by atoms with van der Waals surface area (Å²) < 4.78 is 0.974. The maximum Gasteiger partial charge on any atom is 0.0590 e. The average Bonchev–Trinajstić information content (AvgIpc) is 2.03. The van der Waals surface area contributed by atoms with E-state index in [1.807, 2.05) is 12.1 Å². The van der Waals surface area contributed by atoms with Crippen molar-refractivity contribution in [2.75, 3.05) is 11.9 Å². The molecule has 1 N–H and O–H groups in total. The Balaban J connectivity index is 2.69. The summed E-state index contributed by atoms with van der Waals surface area (Å²) in [5.74, 6) is 0. The smallest absolute Gasteiger partial charge is 0.0590 e. The third kappa shape index (κ3) is 2.35. The first-order valence-electron chi connectivity index (χ1n) is 3.29. The Morgan fingerprint density at radius 1 is 1.73 bits per heavy atom. The van der Waals surface area contributed by atoms with Crippen LogP contribution < -0.4 is 5.32 Å². The van der Waals surface area contributed by atoms with Gasteiger partial charge in [0.1, 0.15) is 0 Å². The molecule has 1 aromatic rings. The van der Waals surface area contributed by atoms with E-state index in [9.17, 15) is 0 Å². The van der Waals surface area contributed by atoms with Crippen LogP contribution in [0.1, 0.15) is 0 Å². The molecule has 1 aromatic heterocycles. The van der Waals surface area contributed by atoms with Gasteiger partial charge in [-0.05, 0) is 22.0 Å². The van der Waals surface area contributed by atoms with Crippen molar-refractivity contribution in [2.24, 2.45) is 0 Å². The van der Waals surface area contributed by atoms with Gasteiger partial charge in [0, 0.05) is 18.9 Å². The lowest BCUT2D eigenvalue weighted by Gasteiger charge is -2.03. The Morgan fingerprint density at radius 2 is 2.55 bits per heavy atom. The van der Waals surface area contributed by atoms with Crippen LogP contribution >= 0.6 is 15.9 Å². The van der Waals surface area contributed by atoms with Crippen molar-refractivity contribution in [1.82, 2.24) is 4.98 Å². The van der Waals surface area contributed by atoms with Gasteiger partial charge in [0.15, 0.2) is 0 Å². The van der Waals surface area contributed by atoms with Crippen molar-refractivity contribution in [3.8, 4) is 0 Å². The van der Waals surface area contributed by atoms with Crippen LogP contribution in [0.4, 0.5) is 5.69 Å². The summed E-state index contributed by atoms with van der Waals surface area (Å²) in [6, 6.07) is 1.91. The standard InChI is InChI=1S/C8H9BrN2/c1-2-4-11-8-3-5-10-6-7(8)9/h2-3,5-6H,1,4H2,(H,10,11). The highest BCUT2D eigenvalue weighted by Gasteiger charge is 1.94. The molecule has 0 saturated heterocycles. The third-order valence-corrected chi connectivity index (χ3v) is 1.84. The van der Waals surface area contributed by atoms with Crippen LogP contribution in [-0.2, 0) is 0 Å². The highest BCUT2D eigenvalue weighted by atomic mass is 79.9. The maximum absolute atomic E-state index is 3.94. The minimum absolute atomic E-state index is 0.766. The summed E-state index contributed by atoms with van der Waals surface area (Å²) in [5.41, 5.74) is 1.04. The van der Waals surface area contributed by atoms with Crippen molar-refractivity contribution >= 4 is 21.6 Å². The van der Waals surface area contributed by atoms with Gasteiger partial charge in [0.05, 0.1) is 10.2 Å². The second-order valence-electron chi connectivity index (χ2n) is 2.03. The molecule has 1 rings (SSSR count). The van der Waals surface area contributed by atoms with E-state index < -0.39 is 0 Å². The number of aromatic nitrogens is 1. The van der Waals surface area contributed by atoms with E-state index in [0.717, 1.165) is 16.7 Å². The van der Waals surface area contributed by atoms with Gasteiger partial charge in [-0.3, -0.25) is 4.98 Å². The van der Waals surface area contributed by atoms with Gasteiger partial charge in [-0.2, -0.15) is 0 Å². The molecule has 0 aromatic carbocycles. The molecule has 2 nitrogen and oxygen atoms in total. The SMILES string of the molecule is C=CCNc1ccncc1Br. The molecule has 0 spiro atoms. The molecule has 0 unspecified atom stereocenters. The number of nitrogens with one attached hydrogen (secondary N) is 1. The fourth-order valence-electron chi connectivity index (χ4n) is 0.701. The first-order valence-corrected chi connectivity index (χ1v) is 4.08. The van der Waals surface area contributed by atoms with E-state index in [0.29, 0.717) is 0 Å². The number of halogens is 1. The Hall–Kier alpha value is -0.830. The number of hydrogen-bond acceptors (Lipinski definition) is 2. The number of nitrogens with zero attached hydrogens (tertiary/aromatic N) is 1. The van der Waals surface area contributed by atoms with Gasteiger partial charge in [-0.25, -0.2) is 0 Å². The van der Waals surface area contributed by atoms with Crippen LogP contribution in [0, 0.1) is 0 Å². The highest BCUT2D eigenvalue weighted by molar-refractivity contribution is 9.10. The van der Waals surface area contributed by atoms with Gasteiger partial charge in [-0.15, -0.1) is 6.58 Å². The molecule has 58 valence electrons. The van der Waals surface area contributed by atoms with Crippen LogP contribution in [0.25, 0.3) is 0 Å². The van der Waals surface area contributed by atoms with Crippen LogP contribution in [0.5, 0.6) is 0 Å². The van der Waals surface area contributed by atoms with Gasteiger partial charge in [-0.1, -0.05) is 6.08 Å². The summed E-state index contributed by atoms with van der Waals surface area (Å²) in [5, 5.41) is 3.16. The van der Waals surface area contributed by atoms with Crippen molar-refractivity contribution in [3.05, 3.63) is 35.6 Å². The average molecular weight is 213 g/mol. The van der Waals surface area contributed by atoms with Gasteiger partial charge >= 0.3 is 0 Å². The molecule has 0 aliphatic rings. The van der Waals surface area contributed by atoms with Gasteiger partial charge in [0.2, 0.25) is 0 Å². The summed E-state index contributed by atoms with van der Waals surface area (Å²) in [7, 11) is 0. The predicted octanol–water partition coefficient (Wildman–Crippen LogP) is 2.44. The molecule has 11 heavy (non-hydrogen) atoms. The van der Waals surface area contributed by atoms with E-state index in [1.54, 1.807) is 12.4 Å². The molecule has 0 radical (unpaired) electrons. The van der Waals surface area contributed by atoms with Crippen molar-refractivity contribution in [1.29, 1.82) is 0 Å². The lowest BCUT2D eigenvalue weighted by Crippen LogP contribution is -1.98. The first kappa shape index (κ1) is 8.27. The minimum Gasteiger partial charge on any atom is -0.381 e. The van der Waals surface area contributed by atoms with Crippen molar-refractivity contribution in [2.45, 2.75) is 0 Å². The summed E-state index contributed by atoms with van der Waals surface area (Å²) in [6.45, 7) is 4.38. The monoisotopic (exact) mass is 212 g/mol. The lowest BCUT2D eigenvalue weighted by molar-refractivity contribution is 1.26. The van der Waals surface area contributed by atoms with E-state index in [2.05, 4.69) is 32.8 Å². The van der Waals surface area contributed by atoms with Crippen LogP contribution in [0.2, 0.25) is 0 Å². The normalized spacial score (nSPS) is 9.18. The largest absolute Gasteiger partial charge is 0.381 e. The number of pyridine rings is 1. The van der Waals surface area contributed by atoms with E-state index >= 15 is 0 Å². The maximum atomic E-state index is 3.94. The molecule has 0 aliphatic carbocycles. The van der Waals surface area contributed by atoms with Crippen LogP contribution in [0.15, 0.2) is 35.6 Å². The first-order chi connectivity index (χ1) is 5.34. The second-order valence-corrected chi connectivity index (χ2v) is 2.88. The molecule has 1 heterocycles. The predicted molar refractivity (Wildman–Crippen MR) is 50.6 cm³/mol. The molecule has 0 aliphatic heterocycles. The zero-order chi connectivity index (χ0) is 8.10. The summed E-state index contributed by atoms with van der Waals surface area (Å²) in [4.78, 5) is 3.94. The Labute approximate surface area is 74.5 Å². The fraction of sp³-hybridized carbons (Fsp3) is 0.125. The molecule has 0 atom stereocenters. The lowest BCUT2D eigenvalue weighted by atomic mass is 10.4. The zero-order valence-corrected chi connectivity index (χ0v) is 7.63. The van der Waals surface area contributed by atoms with Crippen molar-refractivity contribution in [3.63, 3.8) is 0 Å². The van der Waals surface area contributed by atoms with Crippen molar-refractivity contribution < 1.29 is 0 Å². The Morgan fingerprint density at radius 3 is 3.18 bits per heavy atom. The summed E-state index contributed by atoms with van der Waals surface area (Å²) in [6.07, 6.45) is 5.31. The molecule has 0 saturated carbocycles. The van der Waals surface area contributed by atoms with E-state index in [-0.39, 0.29) is 0 Å². The molecular formula is C8H9BrN2. The fourth-order valence-corrected chi connectivity index (χ4v) is 1.09. The molecule has 3 heteroatoms. The van der Waals surface area contributed by atoms with Gasteiger partial charge < -0.3 is 5.32 Å². The molecule has 0 fully saturated rings. The van der Waals surface area contributed by atoms with Gasteiger partial charge in [0.25, 0.3) is 0 Å². The Kier molecular flexibility index (Phi) is 3.11. The summed E-state index contributed by atoms with van der Waals surface area (Å²) >= 11 is 3.37. The topological polar surface area (TPSA) is 24.9 Å². The Bertz CT molecular complexity index is 248. The molecule has 0 amide bonds. The van der Waals surface area contributed by atoms with E-state index in [4.69, 9.17) is 0 Å². The quantitative estimate of drug-likeness (QED) is 0.780. The number of anilines is 1. The molecule has 0 bridgehead atoms. The highest BCUT2D eigenvalue weighted by Crippen LogP contribution is 2.19. The van der Waals surface area contributed by atoms with E-state index in [1.165, 1.54) is 0 Å². The van der Waals surface area contributed by atoms with Crippen LogP contribution in [-0.4, -0.2) is 11.5 Å². The third-order valence-electron chi connectivity index (χ3n) is 1.21. The molecular weight excluding hydrogens is 204 g/mol. The zero-order valence-electron chi connectivity index (χ0n) is 6.05.